The van der Waals surface area contributed by atoms with E-state index in [0.29, 0.717) is 6.04 Å². The van der Waals surface area contributed by atoms with Gasteiger partial charge in [-0.25, -0.2) is 0 Å². The summed E-state index contributed by atoms with van der Waals surface area (Å²) in [4.78, 5) is 0. The fraction of sp³-hybridized carbons (Fsp3) is 1.00. The highest BCUT2D eigenvalue weighted by molar-refractivity contribution is 7.99. The molecular formula is C12H27NS. The first-order chi connectivity index (χ1) is 6.60. The van der Waals surface area contributed by atoms with Gasteiger partial charge in [-0.15, -0.1) is 0 Å². The van der Waals surface area contributed by atoms with E-state index >= 15 is 0 Å². The molecule has 0 rings (SSSR count). The first-order valence-corrected chi connectivity index (χ1v) is 6.99. The van der Waals surface area contributed by atoms with E-state index in [-0.39, 0.29) is 0 Å². The van der Waals surface area contributed by atoms with Crippen LogP contribution in [0.4, 0.5) is 0 Å². The zero-order valence-electron chi connectivity index (χ0n) is 10.5. The van der Waals surface area contributed by atoms with Crippen LogP contribution in [0.15, 0.2) is 0 Å². The molecule has 1 N–H and O–H groups in total. The molecule has 86 valence electrons. The summed E-state index contributed by atoms with van der Waals surface area (Å²) in [5.41, 5.74) is 0. The van der Waals surface area contributed by atoms with Crippen molar-refractivity contribution in [1.29, 1.82) is 0 Å². The lowest BCUT2D eigenvalue weighted by molar-refractivity contribution is 0.423. The third kappa shape index (κ3) is 7.69. The Morgan fingerprint density at radius 2 is 1.79 bits per heavy atom. The van der Waals surface area contributed by atoms with Crippen LogP contribution < -0.4 is 5.32 Å². The maximum Gasteiger partial charge on any atom is 0.0160 e. The molecule has 0 aliphatic carbocycles. The minimum atomic E-state index is 0.711. The Balaban J connectivity index is 3.76. The molecule has 0 radical (unpaired) electrons. The van der Waals surface area contributed by atoms with Gasteiger partial charge in [-0.1, -0.05) is 41.0 Å². The SMILES string of the molecule is CCNC(CSC(C)C)CC(C)CC. The number of hydrogen-bond acceptors (Lipinski definition) is 2. The molecule has 0 saturated heterocycles. The Morgan fingerprint density at radius 3 is 2.21 bits per heavy atom. The molecule has 14 heavy (non-hydrogen) atoms. The molecule has 0 aromatic carbocycles. The zero-order chi connectivity index (χ0) is 11.0. The molecule has 2 heteroatoms. The van der Waals surface area contributed by atoms with Gasteiger partial charge in [0.1, 0.15) is 0 Å². The van der Waals surface area contributed by atoms with Crippen LogP contribution in [-0.2, 0) is 0 Å². The summed E-state index contributed by atoms with van der Waals surface area (Å²) in [5.74, 6) is 2.11. The van der Waals surface area contributed by atoms with Crippen LogP contribution in [0.3, 0.4) is 0 Å². The lowest BCUT2D eigenvalue weighted by Crippen LogP contribution is -2.33. The van der Waals surface area contributed by atoms with E-state index in [1.807, 2.05) is 0 Å². The van der Waals surface area contributed by atoms with Crippen molar-refractivity contribution >= 4 is 11.8 Å². The van der Waals surface area contributed by atoms with Gasteiger partial charge in [-0.05, 0) is 24.1 Å². The van der Waals surface area contributed by atoms with Gasteiger partial charge < -0.3 is 5.32 Å². The summed E-state index contributed by atoms with van der Waals surface area (Å²) in [7, 11) is 0. The Labute approximate surface area is 94.4 Å². The topological polar surface area (TPSA) is 12.0 Å². The number of rotatable bonds is 8. The normalized spacial score (nSPS) is 15.9. The van der Waals surface area contributed by atoms with Crippen molar-refractivity contribution in [3.63, 3.8) is 0 Å². The standard InChI is InChI=1S/C12H27NS/c1-6-11(5)8-12(13-7-2)9-14-10(3)4/h10-13H,6-9H2,1-5H3. The van der Waals surface area contributed by atoms with E-state index in [2.05, 4.69) is 51.7 Å². The van der Waals surface area contributed by atoms with E-state index in [0.717, 1.165) is 17.7 Å². The van der Waals surface area contributed by atoms with E-state index in [9.17, 15) is 0 Å². The predicted octanol–water partition coefficient (Wildman–Crippen LogP) is 3.54. The summed E-state index contributed by atoms with van der Waals surface area (Å²) >= 11 is 2.07. The number of thioether (sulfide) groups is 1. The van der Waals surface area contributed by atoms with Crippen molar-refractivity contribution in [3.8, 4) is 0 Å². The Morgan fingerprint density at radius 1 is 1.14 bits per heavy atom. The second-order valence-electron chi connectivity index (χ2n) is 4.39. The molecule has 0 bridgehead atoms. The van der Waals surface area contributed by atoms with Crippen molar-refractivity contribution in [2.24, 2.45) is 5.92 Å². The van der Waals surface area contributed by atoms with Crippen LogP contribution in [0.2, 0.25) is 0 Å². The van der Waals surface area contributed by atoms with Gasteiger partial charge in [-0.2, -0.15) is 11.8 Å². The third-order valence-corrected chi connectivity index (χ3v) is 3.77. The second-order valence-corrected chi connectivity index (χ2v) is 6.00. The summed E-state index contributed by atoms with van der Waals surface area (Å²) < 4.78 is 0. The van der Waals surface area contributed by atoms with E-state index in [1.54, 1.807) is 0 Å². The van der Waals surface area contributed by atoms with Gasteiger partial charge in [-0.3, -0.25) is 0 Å². The molecular weight excluding hydrogens is 190 g/mol. The maximum atomic E-state index is 3.58. The average Bonchev–Trinajstić information content (AvgIpc) is 2.14. The van der Waals surface area contributed by atoms with Crippen molar-refractivity contribution < 1.29 is 0 Å². The van der Waals surface area contributed by atoms with Gasteiger partial charge >= 0.3 is 0 Å². The fourth-order valence-corrected chi connectivity index (χ4v) is 2.33. The molecule has 0 aliphatic heterocycles. The average molecular weight is 217 g/mol. The molecule has 1 nitrogen and oxygen atoms in total. The first-order valence-electron chi connectivity index (χ1n) is 5.95. The van der Waals surface area contributed by atoms with Crippen LogP contribution in [0.25, 0.3) is 0 Å². The quantitative estimate of drug-likeness (QED) is 0.667. The lowest BCUT2D eigenvalue weighted by Gasteiger charge is -2.21. The van der Waals surface area contributed by atoms with E-state index < -0.39 is 0 Å². The molecule has 0 spiro atoms. The van der Waals surface area contributed by atoms with Gasteiger partial charge in [0.15, 0.2) is 0 Å². The predicted molar refractivity (Wildman–Crippen MR) is 69.1 cm³/mol. The zero-order valence-corrected chi connectivity index (χ0v) is 11.3. The third-order valence-electron chi connectivity index (χ3n) is 2.51. The largest absolute Gasteiger partial charge is 0.313 e. The lowest BCUT2D eigenvalue weighted by atomic mass is 10.0. The van der Waals surface area contributed by atoms with Crippen molar-refractivity contribution in [3.05, 3.63) is 0 Å². The summed E-state index contributed by atoms with van der Waals surface area (Å²) in [5, 5.41) is 4.34. The van der Waals surface area contributed by atoms with Crippen LogP contribution in [0.5, 0.6) is 0 Å². The molecule has 0 saturated carbocycles. The van der Waals surface area contributed by atoms with Crippen molar-refractivity contribution in [1.82, 2.24) is 5.32 Å². The minimum Gasteiger partial charge on any atom is -0.313 e. The second kappa shape index (κ2) is 8.60. The highest BCUT2D eigenvalue weighted by Crippen LogP contribution is 2.16. The van der Waals surface area contributed by atoms with E-state index in [4.69, 9.17) is 0 Å². The summed E-state index contributed by atoms with van der Waals surface area (Å²) in [6.07, 6.45) is 2.62. The van der Waals surface area contributed by atoms with Crippen molar-refractivity contribution in [2.45, 2.75) is 58.8 Å². The Kier molecular flexibility index (Phi) is 8.80. The Bertz CT molecular complexity index is 125. The Hall–Kier alpha value is 0.310. The smallest absolute Gasteiger partial charge is 0.0160 e. The molecule has 2 unspecified atom stereocenters. The molecule has 0 aromatic heterocycles. The van der Waals surface area contributed by atoms with Gasteiger partial charge in [0.05, 0.1) is 0 Å². The fourth-order valence-electron chi connectivity index (χ4n) is 1.46. The van der Waals surface area contributed by atoms with Crippen molar-refractivity contribution in [2.75, 3.05) is 12.3 Å². The van der Waals surface area contributed by atoms with Crippen LogP contribution in [0, 0.1) is 5.92 Å². The summed E-state index contributed by atoms with van der Waals surface area (Å²) in [6.45, 7) is 12.5. The van der Waals surface area contributed by atoms with E-state index in [1.165, 1.54) is 18.6 Å². The molecule has 0 aromatic rings. The maximum absolute atomic E-state index is 3.58. The van der Waals surface area contributed by atoms with Gasteiger partial charge in [0, 0.05) is 11.8 Å². The monoisotopic (exact) mass is 217 g/mol. The van der Waals surface area contributed by atoms with Crippen LogP contribution in [-0.4, -0.2) is 23.6 Å². The van der Waals surface area contributed by atoms with Crippen LogP contribution >= 0.6 is 11.8 Å². The summed E-state index contributed by atoms with van der Waals surface area (Å²) in [6, 6.07) is 0.711. The molecule has 0 heterocycles. The molecule has 0 amide bonds. The highest BCUT2D eigenvalue weighted by atomic mass is 32.2. The molecule has 0 fully saturated rings. The first kappa shape index (κ1) is 14.3. The van der Waals surface area contributed by atoms with Gasteiger partial charge in [0.25, 0.3) is 0 Å². The number of hydrogen-bond donors (Lipinski definition) is 1. The number of nitrogens with one attached hydrogen (secondary N) is 1. The van der Waals surface area contributed by atoms with Crippen LogP contribution in [0.1, 0.15) is 47.5 Å². The highest BCUT2D eigenvalue weighted by Gasteiger charge is 2.11. The molecule has 0 aliphatic rings. The van der Waals surface area contributed by atoms with Gasteiger partial charge in [0.2, 0.25) is 0 Å². The minimum absolute atomic E-state index is 0.711. The molecule has 2 atom stereocenters.